The van der Waals surface area contributed by atoms with Crippen molar-refractivity contribution >= 4 is 5.97 Å². The maximum atomic E-state index is 11.5. The van der Waals surface area contributed by atoms with Gasteiger partial charge in [0, 0.05) is 5.92 Å². The number of rotatable bonds is 3. The van der Waals surface area contributed by atoms with E-state index >= 15 is 0 Å². The number of unbranched alkanes of at least 4 members (excludes halogenated alkanes) is 1. The van der Waals surface area contributed by atoms with Crippen LogP contribution in [0.4, 0.5) is 0 Å². The molecule has 2 heteroatoms. The van der Waals surface area contributed by atoms with Crippen LogP contribution in [0.15, 0.2) is 0 Å². The van der Waals surface area contributed by atoms with Gasteiger partial charge in [0.1, 0.15) is 6.10 Å². The number of hydrogen-bond donors (Lipinski definition) is 0. The van der Waals surface area contributed by atoms with Crippen LogP contribution in [0.1, 0.15) is 59.3 Å². The molecule has 0 aromatic heterocycles. The summed E-state index contributed by atoms with van der Waals surface area (Å²) in [5.41, 5.74) is 0.418. The van der Waals surface area contributed by atoms with Crippen LogP contribution in [-0.4, -0.2) is 12.1 Å². The zero-order valence-corrected chi connectivity index (χ0v) is 10.8. The molecule has 1 aliphatic carbocycles. The Morgan fingerprint density at radius 2 is 2.25 bits per heavy atom. The van der Waals surface area contributed by atoms with Crippen molar-refractivity contribution in [1.29, 1.82) is 0 Å². The normalized spacial score (nSPS) is 42.9. The fourth-order valence-corrected chi connectivity index (χ4v) is 3.40. The van der Waals surface area contributed by atoms with E-state index in [1.54, 1.807) is 0 Å². The van der Waals surface area contributed by atoms with Crippen LogP contribution < -0.4 is 0 Å². The van der Waals surface area contributed by atoms with Crippen LogP contribution in [0.2, 0.25) is 0 Å². The van der Waals surface area contributed by atoms with E-state index in [0.717, 1.165) is 6.42 Å². The van der Waals surface area contributed by atoms with Gasteiger partial charge in [0.25, 0.3) is 0 Å². The van der Waals surface area contributed by atoms with Gasteiger partial charge in [0.2, 0.25) is 0 Å². The second-order valence-electron chi connectivity index (χ2n) is 6.08. The zero-order valence-electron chi connectivity index (χ0n) is 10.8. The molecule has 0 bridgehead atoms. The van der Waals surface area contributed by atoms with Crippen LogP contribution in [-0.2, 0) is 9.53 Å². The second kappa shape index (κ2) is 4.38. The third kappa shape index (κ3) is 2.11. The quantitative estimate of drug-likeness (QED) is 0.685. The molecule has 2 fully saturated rings. The smallest absolute Gasteiger partial charge is 0.309 e. The van der Waals surface area contributed by atoms with Crippen molar-refractivity contribution in [2.24, 2.45) is 17.3 Å². The molecular formula is C14H24O2. The Morgan fingerprint density at radius 1 is 1.50 bits per heavy atom. The van der Waals surface area contributed by atoms with E-state index < -0.39 is 0 Å². The lowest BCUT2D eigenvalue weighted by atomic mass is 9.66. The molecular weight excluding hydrogens is 200 g/mol. The van der Waals surface area contributed by atoms with Crippen LogP contribution >= 0.6 is 0 Å². The van der Waals surface area contributed by atoms with E-state index in [1.165, 1.54) is 32.1 Å². The molecule has 0 spiro atoms. The van der Waals surface area contributed by atoms with Crippen molar-refractivity contribution in [3.05, 3.63) is 0 Å². The maximum Gasteiger partial charge on any atom is 0.309 e. The Labute approximate surface area is 98.7 Å². The molecule has 2 rings (SSSR count). The first-order valence-electron chi connectivity index (χ1n) is 6.76. The molecule has 1 aliphatic heterocycles. The van der Waals surface area contributed by atoms with Crippen molar-refractivity contribution in [1.82, 2.24) is 0 Å². The van der Waals surface area contributed by atoms with E-state index in [1.807, 2.05) is 6.92 Å². The third-order valence-electron chi connectivity index (χ3n) is 4.67. The monoisotopic (exact) mass is 224 g/mol. The summed E-state index contributed by atoms with van der Waals surface area (Å²) in [5.74, 6) is 0.678. The molecule has 0 aromatic rings. The van der Waals surface area contributed by atoms with E-state index in [9.17, 15) is 4.79 Å². The Kier molecular flexibility index (Phi) is 3.27. The Balaban J connectivity index is 1.98. The lowest BCUT2D eigenvalue weighted by Crippen LogP contribution is -2.34. The lowest BCUT2D eigenvalue weighted by molar-refractivity contribution is -0.145. The van der Waals surface area contributed by atoms with Gasteiger partial charge in [0.15, 0.2) is 0 Å². The molecule has 0 amide bonds. The van der Waals surface area contributed by atoms with Crippen molar-refractivity contribution in [3.63, 3.8) is 0 Å². The van der Waals surface area contributed by atoms with Gasteiger partial charge in [-0.15, -0.1) is 0 Å². The van der Waals surface area contributed by atoms with Crippen molar-refractivity contribution < 1.29 is 9.53 Å². The predicted octanol–water partition coefficient (Wildman–Crippen LogP) is 3.54. The van der Waals surface area contributed by atoms with Gasteiger partial charge in [0.05, 0.1) is 5.92 Å². The van der Waals surface area contributed by atoms with Gasteiger partial charge in [-0.1, -0.05) is 33.6 Å². The van der Waals surface area contributed by atoms with Gasteiger partial charge in [-0.05, 0) is 31.1 Å². The average molecular weight is 224 g/mol. The summed E-state index contributed by atoms with van der Waals surface area (Å²) in [7, 11) is 0. The standard InChI is InChI=1S/C14H24O2/c1-4-5-7-14(3)8-6-11-10(2)13(15)16-12(11)9-14/h10-12H,4-9H2,1-3H3/t10-,11-,12+,14+/m0/s1. The number of carbonyl (C=O) groups is 1. The highest BCUT2D eigenvalue weighted by Crippen LogP contribution is 2.48. The average Bonchev–Trinajstić information content (AvgIpc) is 2.51. The summed E-state index contributed by atoms with van der Waals surface area (Å²) in [6, 6.07) is 0. The molecule has 4 atom stereocenters. The topological polar surface area (TPSA) is 26.3 Å². The minimum Gasteiger partial charge on any atom is -0.462 e. The van der Waals surface area contributed by atoms with Gasteiger partial charge < -0.3 is 4.74 Å². The van der Waals surface area contributed by atoms with Gasteiger partial charge in [-0.3, -0.25) is 4.79 Å². The van der Waals surface area contributed by atoms with E-state index in [0.29, 0.717) is 11.3 Å². The minimum absolute atomic E-state index is 0.0368. The highest BCUT2D eigenvalue weighted by Gasteiger charge is 2.48. The zero-order chi connectivity index (χ0) is 11.8. The largest absolute Gasteiger partial charge is 0.462 e. The SMILES string of the molecule is CCCC[C@]1(C)CC[C@H]2[C@H](C)C(=O)O[C@@H]2C1. The summed E-state index contributed by atoms with van der Waals surface area (Å²) in [6.45, 7) is 6.64. The first-order chi connectivity index (χ1) is 7.56. The molecule has 1 saturated carbocycles. The van der Waals surface area contributed by atoms with Crippen LogP contribution in [0, 0.1) is 17.3 Å². The van der Waals surface area contributed by atoms with E-state index in [-0.39, 0.29) is 18.0 Å². The minimum atomic E-state index is 0.0368. The van der Waals surface area contributed by atoms with Crippen LogP contribution in [0.25, 0.3) is 0 Å². The number of ether oxygens (including phenoxy) is 1. The molecule has 0 radical (unpaired) electrons. The molecule has 1 heterocycles. The lowest BCUT2D eigenvalue weighted by Gasteiger charge is -2.39. The Morgan fingerprint density at radius 3 is 2.94 bits per heavy atom. The first kappa shape index (κ1) is 11.9. The first-order valence-corrected chi connectivity index (χ1v) is 6.76. The Bertz CT molecular complexity index is 274. The Hall–Kier alpha value is -0.530. The molecule has 2 nitrogen and oxygen atoms in total. The number of fused-ring (bicyclic) bond motifs is 1. The number of hydrogen-bond acceptors (Lipinski definition) is 2. The van der Waals surface area contributed by atoms with Crippen LogP contribution in [0.5, 0.6) is 0 Å². The van der Waals surface area contributed by atoms with Crippen LogP contribution in [0.3, 0.4) is 0 Å². The van der Waals surface area contributed by atoms with Crippen molar-refractivity contribution in [2.75, 3.05) is 0 Å². The predicted molar refractivity (Wildman–Crippen MR) is 64.0 cm³/mol. The fraction of sp³-hybridized carbons (Fsp3) is 0.929. The fourth-order valence-electron chi connectivity index (χ4n) is 3.40. The molecule has 16 heavy (non-hydrogen) atoms. The van der Waals surface area contributed by atoms with Crippen molar-refractivity contribution in [3.8, 4) is 0 Å². The molecule has 1 saturated heterocycles. The molecule has 0 N–H and O–H groups in total. The molecule has 2 aliphatic rings. The van der Waals surface area contributed by atoms with Gasteiger partial charge in [-0.25, -0.2) is 0 Å². The van der Waals surface area contributed by atoms with E-state index in [2.05, 4.69) is 13.8 Å². The second-order valence-corrected chi connectivity index (χ2v) is 6.08. The number of esters is 1. The summed E-state index contributed by atoms with van der Waals surface area (Å²) in [6.07, 6.45) is 7.62. The van der Waals surface area contributed by atoms with Gasteiger partial charge in [-0.2, -0.15) is 0 Å². The summed E-state index contributed by atoms with van der Waals surface area (Å²) >= 11 is 0. The van der Waals surface area contributed by atoms with Gasteiger partial charge >= 0.3 is 5.97 Å². The summed E-state index contributed by atoms with van der Waals surface area (Å²) in [5, 5.41) is 0. The third-order valence-corrected chi connectivity index (χ3v) is 4.67. The summed E-state index contributed by atoms with van der Waals surface area (Å²) in [4.78, 5) is 11.5. The molecule has 92 valence electrons. The number of carbonyl (C=O) groups excluding carboxylic acids is 1. The highest BCUT2D eigenvalue weighted by molar-refractivity contribution is 5.74. The van der Waals surface area contributed by atoms with Crippen molar-refractivity contribution in [2.45, 2.75) is 65.4 Å². The van der Waals surface area contributed by atoms with E-state index in [4.69, 9.17) is 4.74 Å². The summed E-state index contributed by atoms with van der Waals surface area (Å²) < 4.78 is 5.51. The molecule has 0 aromatic carbocycles. The maximum absolute atomic E-state index is 11.5. The highest BCUT2D eigenvalue weighted by atomic mass is 16.6. The molecule has 0 unspecified atom stereocenters.